The second-order valence-electron chi connectivity index (χ2n) is 6.86. The maximum atomic E-state index is 15.8. The number of esters is 1. The molecule has 154 valence electrons. The predicted octanol–water partition coefficient (Wildman–Crippen LogP) is 4.80. The Labute approximate surface area is 160 Å². The van der Waals surface area contributed by atoms with Crippen molar-refractivity contribution in [2.24, 2.45) is 11.7 Å². The fourth-order valence-corrected chi connectivity index (χ4v) is 3.48. The number of nitrogens with two attached hydrogens (primary N) is 1. The van der Waals surface area contributed by atoms with Gasteiger partial charge in [-0.05, 0) is 43.5 Å². The monoisotopic (exact) mass is 403 g/mol. The van der Waals surface area contributed by atoms with Crippen LogP contribution in [0.1, 0.15) is 31.4 Å². The lowest BCUT2D eigenvalue weighted by Gasteiger charge is -2.39. The van der Waals surface area contributed by atoms with Crippen molar-refractivity contribution in [1.82, 2.24) is 0 Å². The molecule has 3 nitrogen and oxygen atoms in total. The van der Waals surface area contributed by atoms with Crippen LogP contribution in [0.25, 0.3) is 5.57 Å². The number of benzene rings is 1. The Hall–Kier alpha value is -2.22. The Kier molecular flexibility index (Phi) is 6.33. The molecule has 0 radical (unpaired) electrons. The molecule has 3 unspecified atom stereocenters. The van der Waals surface area contributed by atoms with Crippen LogP contribution in [0.4, 0.5) is 22.0 Å². The summed E-state index contributed by atoms with van der Waals surface area (Å²) in [6, 6.07) is 4.74. The van der Waals surface area contributed by atoms with Crippen LogP contribution < -0.4 is 5.73 Å². The van der Waals surface area contributed by atoms with Crippen molar-refractivity contribution in [2.75, 3.05) is 6.61 Å². The molecule has 0 spiro atoms. The highest BCUT2D eigenvalue weighted by molar-refractivity contribution is 5.79. The van der Waals surface area contributed by atoms with Crippen LogP contribution in [0.15, 0.2) is 41.7 Å². The van der Waals surface area contributed by atoms with Crippen molar-refractivity contribution in [3.8, 4) is 0 Å². The fourth-order valence-electron chi connectivity index (χ4n) is 3.48. The maximum Gasteiger partial charge on any atom is 0.418 e. The lowest BCUT2D eigenvalue weighted by atomic mass is 9.70. The first-order valence-electron chi connectivity index (χ1n) is 8.76. The number of alkyl halides is 4. The van der Waals surface area contributed by atoms with Gasteiger partial charge in [0.25, 0.3) is 0 Å². The third kappa shape index (κ3) is 4.27. The quantitative estimate of drug-likeness (QED) is 0.568. The Morgan fingerprint density at radius 1 is 1.32 bits per heavy atom. The third-order valence-corrected chi connectivity index (χ3v) is 4.81. The third-order valence-electron chi connectivity index (χ3n) is 4.81. The second kappa shape index (κ2) is 8.03. The molecule has 1 aliphatic carbocycles. The van der Waals surface area contributed by atoms with Gasteiger partial charge in [-0.3, -0.25) is 4.79 Å². The van der Waals surface area contributed by atoms with Crippen molar-refractivity contribution in [3.63, 3.8) is 0 Å². The number of allylic oxidation sites excluding steroid dienone is 3. The highest BCUT2D eigenvalue weighted by Gasteiger charge is 2.52. The van der Waals surface area contributed by atoms with Crippen LogP contribution in [-0.2, 0) is 9.53 Å². The van der Waals surface area contributed by atoms with Crippen molar-refractivity contribution < 1.29 is 31.5 Å². The zero-order valence-electron chi connectivity index (χ0n) is 15.7. The summed E-state index contributed by atoms with van der Waals surface area (Å²) in [6.07, 6.45) is -5.17. The molecule has 0 fully saturated rings. The summed E-state index contributed by atoms with van der Waals surface area (Å²) in [6.45, 7) is 4.14. The Morgan fingerprint density at radius 3 is 2.46 bits per heavy atom. The van der Waals surface area contributed by atoms with Gasteiger partial charge in [0.2, 0.25) is 0 Å². The standard InChI is InChI=1S/C20H22F5NO2/c1-4-28-16(27)10-15(26)17-18(21)14(20(23,24)25)9-13(19(17,3)22)12-8-6-5-7-11(12)2/h5-9,15,17H,4,10,26H2,1-3H3. The average molecular weight is 403 g/mol. The smallest absolute Gasteiger partial charge is 0.418 e. The number of aryl methyl sites for hydroxylation is 1. The maximum absolute atomic E-state index is 15.8. The van der Waals surface area contributed by atoms with Gasteiger partial charge in [-0.2, -0.15) is 13.2 Å². The van der Waals surface area contributed by atoms with Crippen LogP contribution in [0.3, 0.4) is 0 Å². The molecule has 0 heterocycles. The van der Waals surface area contributed by atoms with E-state index in [1.54, 1.807) is 25.1 Å². The van der Waals surface area contributed by atoms with Crippen LogP contribution in [-0.4, -0.2) is 30.5 Å². The van der Waals surface area contributed by atoms with Gasteiger partial charge < -0.3 is 10.5 Å². The molecule has 0 saturated heterocycles. The van der Waals surface area contributed by atoms with Gasteiger partial charge in [0.1, 0.15) is 11.5 Å². The minimum Gasteiger partial charge on any atom is -0.466 e. The molecular formula is C20H22F5NO2. The molecule has 1 aliphatic rings. The molecule has 0 saturated carbocycles. The first kappa shape index (κ1) is 22.1. The molecule has 3 atom stereocenters. The molecular weight excluding hydrogens is 381 g/mol. The van der Waals surface area contributed by atoms with Gasteiger partial charge in [-0.25, -0.2) is 8.78 Å². The van der Waals surface area contributed by atoms with Gasteiger partial charge in [-0.15, -0.1) is 0 Å². The number of halogens is 5. The van der Waals surface area contributed by atoms with E-state index in [9.17, 15) is 22.4 Å². The Morgan fingerprint density at radius 2 is 1.93 bits per heavy atom. The van der Waals surface area contributed by atoms with Gasteiger partial charge >= 0.3 is 12.1 Å². The molecule has 0 amide bonds. The van der Waals surface area contributed by atoms with E-state index in [-0.39, 0.29) is 17.7 Å². The van der Waals surface area contributed by atoms with E-state index in [0.29, 0.717) is 11.6 Å². The molecule has 2 N–H and O–H groups in total. The van der Waals surface area contributed by atoms with E-state index in [2.05, 4.69) is 0 Å². The number of carbonyl (C=O) groups excluding carboxylic acids is 1. The summed E-state index contributed by atoms with van der Waals surface area (Å²) in [5.41, 5.74) is 2.07. The number of ether oxygens (including phenoxy) is 1. The summed E-state index contributed by atoms with van der Waals surface area (Å²) in [7, 11) is 0. The van der Waals surface area contributed by atoms with Crippen molar-refractivity contribution in [3.05, 3.63) is 52.9 Å². The number of hydrogen-bond donors (Lipinski definition) is 1. The van der Waals surface area contributed by atoms with Gasteiger partial charge in [-0.1, -0.05) is 24.3 Å². The van der Waals surface area contributed by atoms with Crippen molar-refractivity contribution in [2.45, 2.75) is 45.1 Å². The molecule has 2 rings (SSSR count). The lowest BCUT2D eigenvalue weighted by molar-refractivity contribution is -0.143. The number of rotatable bonds is 5. The first-order chi connectivity index (χ1) is 12.9. The predicted molar refractivity (Wildman–Crippen MR) is 95.6 cm³/mol. The van der Waals surface area contributed by atoms with Crippen LogP contribution in [0, 0.1) is 12.8 Å². The van der Waals surface area contributed by atoms with E-state index < -0.39 is 47.6 Å². The van der Waals surface area contributed by atoms with Crippen LogP contribution in [0.5, 0.6) is 0 Å². The SMILES string of the molecule is CCOC(=O)CC(N)C1C(F)=C(C(F)(F)F)C=C(c2ccccc2C)C1(C)F. The van der Waals surface area contributed by atoms with Crippen molar-refractivity contribution in [1.29, 1.82) is 0 Å². The van der Waals surface area contributed by atoms with E-state index in [4.69, 9.17) is 10.5 Å². The van der Waals surface area contributed by atoms with E-state index in [1.807, 2.05) is 0 Å². The van der Waals surface area contributed by atoms with Gasteiger partial charge in [0, 0.05) is 6.04 Å². The average Bonchev–Trinajstić information content (AvgIpc) is 2.54. The molecule has 0 aliphatic heterocycles. The number of hydrogen-bond acceptors (Lipinski definition) is 3. The molecule has 28 heavy (non-hydrogen) atoms. The molecule has 1 aromatic carbocycles. The fraction of sp³-hybridized carbons (Fsp3) is 0.450. The van der Waals surface area contributed by atoms with E-state index >= 15 is 4.39 Å². The van der Waals surface area contributed by atoms with Crippen LogP contribution in [0.2, 0.25) is 0 Å². The summed E-state index contributed by atoms with van der Waals surface area (Å²) in [5, 5.41) is 0. The minimum absolute atomic E-state index is 0.0175. The Bertz CT molecular complexity index is 811. The Balaban J connectivity index is 2.62. The highest BCUT2D eigenvalue weighted by atomic mass is 19.4. The molecule has 8 heteroatoms. The zero-order chi connectivity index (χ0) is 21.3. The zero-order valence-corrected chi connectivity index (χ0v) is 15.7. The largest absolute Gasteiger partial charge is 0.466 e. The summed E-state index contributed by atoms with van der Waals surface area (Å²) in [4.78, 5) is 11.7. The number of carbonyl (C=O) groups is 1. The van der Waals surface area contributed by atoms with E-state index in [1.165, 1.54) is 13.0 Å². The summed E-state index contributed by atoms with van der Waals surface area (Å²) < 4.78 is 75.7. The highest BCUT2D eigenvalue weighted by Crippen LogP contribution is 2.50. The lowest BCUT2D eigenvalue weighted by Crippen LogP contribution is -2.48. The summed E-state index contributed by atoms with van der Waals surface area (Å²) >= 11 is 0. The van der Waals surface area contributed by atoms with E-state index in [0.717, 1.165) is 6.92 Å². The minimum atomic E-state index is -5.05. The van der Waals surface area contributed by atoms with Crippen molar-refractivity contribution >= 4 is 11.5 Å². The first-order valence-corrected chi connectivity index (χ1v) is 8.76. The molecule has 0 bridgehead atoms. The summed E-state index contributed by atoms with van der Waals surface area (Å²) in [5.74, 6) is -4.54. The van der Waals surface area contributed by atoms with Crippen LogP contribution >= 0.6 is 0 Å². The topological polar surface area (TPSA) is 52.3 Å². The second-order valence-corrected chi connectivity index (χ2v) is 6.86. The molecule has 1 aromatic rings. The van der Waals surface area contributed by atoms with Gasteiger partial charge in [0.05, 0.1) is 24.5 Å². The van der Waals surface area contributed by atoms with Gasteiger partial charge in [0.15, 0.2) is 0 Å². The molecule has 0 aromatic heterocycles. The normalized spacial score (nSPS) is 24.0.